The Balaban J connectivity index is 1.47. The Morgan fingerprint density at radius 1 is 0.962 bits per heavy atom. The van der Waals surface area contributed by atoms with E-state index >= 15 is 0 Å². The quantitative estimate of drug-likeness (QED) is 0.814. The van der Waals surface area contributed by atoms with E-state index in [1.165, 1.54) is 30.0 Å². The summed E-state index contributed by atoms with van der Waals surface area (Å²) in [7, 11) is -3.74. The molecule has 2 heterocycles. The van der Waals surface area contributed by atoms with Crippen LogP contribution < -0.4 is 5.32 Å². The second kappa shape index (κ2) is 8.76. The highest BCUT2D eigenvalue weighted by molar-refractivity contribution is 7.89. The first-order chi connectivity index (χ1) is 12.5. The van der Waals surface area contributed by atoms with Crippen molar-refractivity contribution in [3.63, 3.8) is 0 Å². The van der Waals surface area contributed by atoms with Gasteiger partial charge in [-0.05, 0) is 68.8 Å². The van der Waals surface area contributed by atoms with Gasteiger partial charge in [0.15, 0.2) is 11.6 Å². The Morgan fingerprint density at radius 3 is 2.19 bits per heavy atom. The van der Waals surface area contributed by atoms with Crippen molar-refractivity contribution < 1.29 is 17.2 Å². The van der Waals surface area contributed by atoms with Crippen LogP contribution in [0, 0.1) is 23.5 Å². The highest BCUT2D eigenvalue weighted by Crippen LogP contribution is 2.29. The van der Waals surface area contributed by atoms with Crippen LogP contribution in [0.2, 0.25) is 0 Å². The zero-order chi connectivity index (χ0) is 18.6. The first-order valence-corrected chi connectivity index (χ1v) is 11.1. The molecule has 146 valence electrons. The molecule has 0 aliphatic carbocycles. The van der Waals surface area contributed by atoms with Gasteiger partial charge in [-0.15, -0.1) is 0 Å². The van der Waals surface area contributed by atoms with Gasteiger partial charge < -0.3 is 5.32 Å². The predicted molar refractivity (Wildman–Crippen MR) is 97.3 cm³/mol. The molecule has 2 fully saturated rings. The normalized spacial score (nSPS) is 21.2. The maximum absolute atomic E-state index is 13.4. The number of hydrogen-bond acceptors (Lipinski definition) is 3. The van der Waals surface area contributed by atoms with Gasteiger partial charge in [0.2, 0.25) is 10.0 Å². The number of hydrogen-bond donors (Lipinski definition) is 1. The predicted octanol–water partition coefficient (Wildman–Crippen LogP) is 3.54. The van der Waals surface area contributed by atoms with Gasteiger partial charge in [-0.1, -0.05) is 19.3 Å². The number of rotatable bonds is 6. The lowest BCUT2D eigenvalue weighted by molar-refractivity contribution is 0.250. The van der Waals surface area contributed by atoms with Crippen LogP contribution in [0.4, 0.5) is 8.78 Å². The molecule has 0 aromatic heterocycles. The maximum atomic E-state index is 13.4. The molecule has 4 nitrogen and oxygen atoms in total. The first-order valence-electron chi connectivity index (χ1n) is 9.63. The zero-order valence-electron chi connectivity index (χ0n) is 15.1. The SMILES string of the molecule is O=S(=O)(c1ccc(F)c(F)c1)N1CCC(CCCC2CCNCC2)CC1. The number of benzene rings is 1. The molecule has 0 unspecified atom stereocenters. The minimum Gasteiger partial charge on any atom is -0.317 e. The van der Waals surface area contributed by atoms with Gasteiger partial charge in [0.05, 0.1) is 4.90 Å². The van der Waals surface area contributed by atoms with Crippen molar-refractivity contribution in [3.05, 3.63) is 29.8 Å². The van der Waals surface area contributed by atoms with Crippen LogP contribution in [0.25, 0.3) is 0 Å². The summed E-state index contributed by atoms with van der Waals surface area (Å²) >= 11 is 0. The van der Waals surface area contributed by atoms with Crippen LogP contribution in [0.15, 0.2) is 23.1 Å². The summed E-state index contributed by atoms with van der Waals surface area (Å²) < 4.78 is 53.0. The maximum Gasteiger partial charge on any atom is 0.243 e. The van der Waals surface area contributed by atoms with Crippen LogP contribution in [0.5, 0.6) is 0 Å². The Labute approximate surface area is 155 Å². The molecule has 1 aromatic carbocycles. The van der Waals surface area contributed by atoms with Gasteiger partial charge in [-0.2, -0.15) is 4.31 Å². The second-order valence-electron chi connectivity index (χ2n) is 7.55. The van der Waals surface area contributed by atoms with Crippen LogP contribution in [-0.2, 0) is 10.0 Å². The number of piperidine rings is 2. The largest absolute Gasteiger partial charge is 0.317 e. The van der Waals surface area contributed by atoms with E-state index in [4.69, 9.17) is 0 Å². The average molecular weight is 387 g/mol. The van der Waals surface area contributed by atoms with E-state index < -0.39 is 21.7 Å². The molecule has 26 heavy (non-hydrogen) atoms. The molecular formula is C19H28F2N2O2S. The van der Waals surface area contributed by atoms with Gasteiger partial charge in [0, 0.05) is 13.1 Å². The van der Waals surface area contributed by atoms with Crippen LogP contribution >= 0.6 is 0 Å². The summed E-state index contributed by atoms with van der Waals surface area (Å²) in [5, 5.41) is 3.39. The smallest absolute Gasteiger partial charge is 0.243 e. The van der Waals surface area contributed by atoms with Crippen molar-refractivity contribution in [1.29, 1.82) is 0 Å². The van der Waals surface area contributed by atoms with E-state index in [1.807, 2.05) is 0 Å². The molecule has 3 rings (SSSR count). The van der Waals surface area contributed by atoms with Gasteiger partial charge in [-0.3, -0.25) is 0 Å². The molecule has 0 bridgehead atoms. The lowest BCUT2D eigenvalue weighted by atomic mass is 9.87. The molecule has 0 saturated carbocycles. The summed E-state index contributed by atoms with van der Waals surface area (Å²) in [4.78, 5) is -0.166. The lowest BCUT2D eigenvalue weighted by Crippen LogP contribution is -2.38. The molecule has 7 heteroatoms. The Kier molecular flexibility index (Phi) is 6.64. The Morgan fingerprint density at radius 2 is 1.58 bits per heavy atom. The molecule has 0 atom stereocenters. The highest BCUT2D eigenvalue weighted by atomic mass is 32.2. The van der Waals surface area contributed by atoms with Crippen molar-refractivity contribution in [3.8, 4) is 0 Å². The molecule has 1 aromatic rings. The fourth-order valence-electron chi connectivity index (χ4n) is 4.09. The van der Waals surface area contributed by atoms with E-state index in [0.29, 0.717) is 19.0 Å². The van der Waals surface area contributed by atoms with Gasteiger partial charge in [0.25, 0.3) is 0 Å². The molecule has 0 radical (unpaired) electrons. The van der Waals surface area contributed by atoms with Crippen LogP contribution in [0.1, 0.15) is 44.9 Å². The minimum atomic E-state index is -3.74. The molecule has 1 N–H and O–H groups in total. The van der Waals surface area contributed by atoms with Gasteiger partial charge >= 0.3 is 0 Å². The first kappa shape index (κ1) is 19.7. The highest BCUT2D eigenvalue weighted by Gasteiger charge is 2.30. The van der Waals surface area contributed by atoms with E-state index in [0.717, 1.165) is 56.5 Å². The van der Waals surface area contributed by atoms with E-state index in [-0.39, 0.29) is 4.90 Å². The molecule has 2 aliphatic heterocycles. The third kappa shape index (κ3) is 4.81. The third-order valence-electron chi connectivity index (χ3n) is 5.79. The summed E-state index contributed by atoms with van der Waals surface area (Å²) in [5.74, 6) is -0.756. The monoisotopic (exact) mass is 386 g/mol. The van der Waals surface area contributed by atoms with E-state index in [9.17, 15) is 17.2 Å². The molecule has 2 aliphatic rings. The van der Waals surface area contributed by atoms with Crippen molar-refractivity contribution in [2.75, 3.05) is 26.2 Å². The van der Waals surface area contributed by atoms with Crippen molar-refractivity contribution in [2.45, 2.75) is 49.8 Å². The van der Waals surface area contributed by atoms with E-state index in [2.05, 4.69) is 5.32 Å². The number of halogens is 2. The topological polar surface area (TPSA) is 49.4 Å². The average Bonchev–Trinajstić information content (AvgIpc) is 2.65. The Hall–Kier alpha value is -1.05. The number of nitrogens with one attached hydrogen (secondary N) is 1. The summed E-state index contributed by atoms with van der Waals surface area (Å²) in [6.45, 7) is 3.18. The summed E-state index contributed by atoms with van der Waals surface area (Å²) in [6, 6.07) is 2.78. The minimum absolute atomic E-state index is 0.166. The third-order valence-corrected chi connectivity index (χ3v) is 7.68. The molecule has 0 spiro atoms. The standard InChI is InChI=1S/C19H28F2N2O2S/c20-18-5-4-17(14-19(18)21)26(24,25)23-12-8-16(9-13-23)3-1-2-15-6-10-22-11-7-15/h4-5,14-16,22H,1-3,6-13H2. The Bertz CT molecular complexity index is 697. The molecular weight excluding hydrogens is 358 g/mol. The van der Waals surface area contributed by atoms with Crippen molar-refractivity contribution in [1.82, 2.24) is 9.62 Å². The molecule has 0 amide bonds. The van der Waals surface area contributed by atoms with Crippen LogP contribution in [-0.4, -0.2) is 38.9 Å². The lowest BCUT2D eigenvalue weighted by Gasteiger charge is -2.31. The van der Waals surface area contributed by atoms with Gasteiger partial charge in [0.1, 0.15) is 0 Å². The second-order valence-corrected chi connectivity index (χ2v) is 9.49. The van der Waals surface area contributed by atoms with Crippen LogP contribution in [0.3, 0.4) is 0 Å². The van der Waals surface area contributed by atoms with Crippen molar-refractivity contribution >= 4 is 10.0 Å². The summed E-state index contributed by atoms with van der Waals surface area (Å²) in [5.41, 5.74) is 0. The van der Waals surface area contributed by atoms with Crippen molar-refractivity contribution in [2.24, 2.45) is 11.8 Å². The zero-order valence-corrected chi connectivity index (χ0v) is 15.9. The number of sulfonamides is 1. The fraction of sp³-hybridized carbons (Fsp3) is 0.684. The molecule has 2 saturated heterocycles. The number of nitrogens with zero attached hydrogens (tertiary/aromatic N) is 1. The van der Waals surface area contributed by atoms with E-state index in [1.54, 1.807) is 0 Å². The fourth-order valence-corrected chi connectivity index (χ4v) is 5.57. The van der Waals surface area contributed by atoms with Gasteiger partial charge in [-0.25, -0.2) is 17.2 Å². The summed E-state index contributed by atoms with van der Waals surface area (Å²) in [6.07, 6.45) is 7.86.